The summed E-state index contributed by atoms with van der Waals surface area (Å²) in [5, 5.41) is 15.3. The quantitative estimate of drug-likeness (QED) is 0.685. The number of anilines is 1. The molecule has 3 heterocycles. The Bertz CT molecular complexity index is 1220. The smallest absolute Gasteiger partial charge is 0.326 e. The van der Waals surface area contributed by atoms with Crippen molar-refractivity contribution in [2.75, 3.05) is 10.8 Å². The highest BCUT2D eigenvalue weighted by Crippen LogP contribution is 2.35. The summed E-state index contributed by atoms with van der Waals surface area (Å²) in [6.45, 7) is 0.522. The maximum Gasteiger partial charge on any atom is 0.326 e. The van der Waals surface area contributed by atoms with E-state index in [-0.39, 0.29) is 18.0 Å². The highest BCUT2D eigenvalue weighted by molar-refractivity contribution is 7.92. The maximum atomic E-state index is 12.1. The Morgan fingerprint density at radius 1 is 1.25 bits per heavy atom. The van der Waals surface area contributed by atoms with E-state index in [1.54, 1.807) is 12.3 Å². The number of nitrogens with one attached hydrogen (secondary N) is 1. The second-order valence-corrected chi connectivity index (χ2v) is 8.76. The lowest BCUT2D eigenvalue weighted by Gasteiger charge is -2.16. The fraction of sp³-hybridized carbons (Fsp3) is 0.278. The summed E-state index contributed by atoms with van der Waals surface area (Å²) >= 11 is 0. The largest absolute Gasteiger partial charge is 0.506 e. The first-order valence-electron chi connectivity index (χ1n) is 8.89. The summed E-state index contributed by atoms with van der Waals surface area (Å²) in [6, 6.07) is 6.55. The zero-order chi connectivity index (χ0) is 19.5. The standard InChI is InChI=1S/C18H17N5O4S/c24-17-5-12-3-4-14(13-7-19-22(9-13)8-11-1-2-11)20-15(12)6-16(17)23-10-18(25)21-28(23,26)27/h3-7,9,11,24H,1-2,8,10H2,(H,21,25). The third-order valence-corrected chi connectivity index (χ3v) is 6.34. The first kappa shape index (κ1) is 17.0. The molecule has 2 N–H and O–H groups in total. The van der Waals surface area contributed by atoms with Crippen LogP contribution in [0.15, 0.2) is 36.7 Å². The predicted octanol–water partition coefficient (Wildman–Crippen LogP) is 1.39. The molecule has 0 radical (unpaired) electrons. The van der Waals surface area contributed by atoms with Crippen molar-refractivity contribution in [2.24, 2.45) is 5.92 Å². The first-order chi connectivity index (χ1) is 13.4. The molecule has 5 rings (SSSR count). The van der Waals surface area contributed by atoms with Crippen LogP contribution in [-0.2, 0) is 21.5 Å². The minimum absolute atomic E-state index is 0.0138. The Labute approximate surface area is 160 Å². The Kier molecular flexibility index (Phi) is 3.60. The second-order valence-electron chi connectivity index (χ2n) is 7.16. The molecular weight excluding hydrogens is 382 g/mol. The van der Waals surface area contributed by atoms with E-state index in [0.29, 0.717) is 22.5 Å². The van der Waals surface area contributed by atoms with Crippen molar-refractivity contribution < 1.29 is 18.3 Å². The summed E-state index contributed by atoms with van der Waals surface area (Å²) < 4.78 is 28.8. The molecule has 9 nitrogen and oxygen atoms in total. The van der Waals surface area contributed by atoms with Crippen molar-refractivity contribution in [1.29, 1.82) is 0 Å². The molecular formula is C18H17N5O4S. The molecule has 3 aromatic rings. The number of carbonyl (C=O) groups excluding carboxylic acids is 1. The summed E-state index contributed by atoms with van der Waals surface area (Å²) in [5.41, 5.74) is 2.09. The SMILES string of the molecule is O=C1CN(c2cc3nc(-c4cnn(CC5CC5)c4)ccc3cc2O)S(=O)(=O)N1. The van der Waals surface area contributed by atoms with Gasteiger partial charge in [0.2, 0.25) is 0 Å². The van der Waals surface area contributed by atoms with Gasteiger partial charge in [0.1, 0.15) is 12.3 Å². The van der Waals surface area contributed by atoms with Gasteiger partial charge in [-0.25, -0.2) is 14.0 Å². The highest BCUT2D eigenvalue weighted by atomic mass is 32.2. The number of fused-ring (bicyclic) bond motifs is 1. The van der Waals surface area contributed by atoms with Crippen LogP contribution in [0.1, 0.15) is 12.8 Å². The summed E-state index contributed by atoms with van der Waals surface area (Å²) in [7, 11) is -4.01. The molecule has 0 atom stereocenters. The van der Waals surface area contributed by atoms with Crippen LogP contribution in [0.25, 0.3) is 22.2 Å². The topological polar surface area (TPSA) is 117 Å². The summed E-state index contributed by atoms with van der Waals surface area (Å²) in [6.07, 6.45) is 6.19. The zero-order valence-corrected chi connectivity index (χ0v) is 15.6. The third kappa shape index (κ3) is 2.95. The number of pyridine rings is 1. The fourth-order valence-corrected chi connectivity index (χ4v) is 4.49. The molecule has 1 aliphatic heterocycles. The molecule has 144 valence electrons. The van der Waals surface area contributed by atoms with Crippen LogP contribution in [-0.4, -0.2) is 40.7 Å². The van der Waals surface area contributed by atoms with Gasteiger partial charge < -0.3 is 5.11 Å². The average Bonchev–Trinajstić information content (AvgIpc) is 3.24. The molecule has 0 spiro atoms. The lowest BCUT2D eigenvalue weighted by Crippen LogP contribution is -2.29. The molecule has 1 aliphatic carbocycles. The number of phenols is 1. The molecule has 10 heteroatoms. The van der Waals surface area contributed by atoms with Crippen molar-refractivity contribution in [3.05, 3.63) is 36.7 Å². The number of aromatic nitrogens is 3. The van der Waals surface area contributed by atoms with Gasteiger partial charge in [0.25, 0.3) is 5.91 Å². The van der Waals surface area contributed by atoms with Crippen LogP contribution in [0.5, 0.6) is 5.75 Å². The number of nitrogens with zero attached hydrogens (tertiary/aromatic N) is 4. The molecule has 1 aromatic carbocycles. The first-order valence-corrected chi connectivity index (χ1v) is 10.3. The van der Waals surface area contributed by atoms with Crippen molar-refractivity contribution in [3.63, 3.8) is 0 Å². The van der Waals surface area contributed by atoms with Crippen LogP contribution >= 0.6 is 0 Å². The molecule has 0 bridgehead atoms. The average molecular weight is 399 g/mol. The summed E-state index contributed by atoms with van der Waals surface area (Å²) in [4.78, 5) is 16.1. The number of hydrogen-bond acceptors (Lipinski definition) is 6. The van der Waals surface area contributed by atoms with E-state index in [4.69, 9.17) is 0 Å². The van der Waals surface area contributed by atoms with E-state index in [1.807, 2.05) is 21.7 Å². The fourth-order valence-electron chi connectivity index (χ4n) is 3.33. The number of benzene rings is 1. The van der Waals surface area contributed by atoms with Gasteiger partial charge in [-0.1, -0.05) is 6.07 Å². The van der Waals surface area contributed by atoms with Crippen molar-refractivity contribution in [2.45, 2.75) is 19.4 Å². The predicted molar refractivity (Wildman–Crippen MR) is 102 cm³/mol. The molecule has 2 fully saturated rings. The lowest BCUT2D eigenvalue weighted by molar-refractivity contribution is -0.117. The molecule has 2 aromatic heterocycles. The van der Waals surface area contributed by atoms with Crippen molar-refractivity contribution >= 4 is 32.7 Å². The minimum Gasteiger partial charge on any atom is -0.506 e. The molecule has 28 heavy (non-hydrogen) atoms. The number of hydrogen-bond donors (Lipinski definition) is 2. The highest BCUT2D eigenvalue weighted by Gasteiger charge is 2.35. The number of phenolic OH excluding ortho intramolecular Hbond substituents is 1. The van der Waals surface area contributed by atoms with Crippen LogP contribution in [0.2, 0.25) is 0 Å². The monoisotopic (exact) mass is 399 g/mol. The van der Waals surface area contributed by atoms with E-state index in [9.17, 15) is 18.3 Å². The van der Waals surface area contributed by atoms with Gasteiger partial charge in [-0.2, -0.15) is 13.5 Å². The number of amides is 1. The zero-order valence-electron chi connectivity index (χ0n) is 14.7. The Morgan fingerprint density at radius 2 is 2.07 bits per heavy atom. The lowest BCUT2D eigenvalue weighted by atomic mass is 10.1. The third-order valence-electron chi connectivity index (χ3n) is 4.95. The second kappa shape index (κ2) is 5.93. The van der Waals surface area contributed by atoms with Gasteiger partial charge in [-0.3, -0.25) is 9.48 Å². The number of rotatable bonds is 4. The van der Waals surface area contributed by atoms with E-state index in [2.05, 4.69) is 10.1 Å². The van der Waals surface area contributed by atoms with Crippen LogP contribution in [0, 0.1) is 5.92 Å². The van der Waals surface area contributed by atoms with Crippen molar-refractivity contribution in [1.82, 2.24) is 19.5 Å². The van der Waals surface area contributed by atoms with E-state index in [0.717, 1.165) is 16.4 Å². The van der Waals surface area contributed by atoms with Gasteiger partial charge in [-0.05, 0) is 37.0 Å². The maximum absolute atomic E-state index is 12.1. The molecule has 1 saturated carbocycles. The van der Waals surface area contributed by atoms with Crippen LogP contribution < -0.4 is 9.03 Å². The van der Waals surface area contributed by atoms with Gasteiger partial charge in [0.15, 0.2) is 0 Å². The Balaban J connectivity index is 1.54. The molecule has 1 amide bonds. The molecule has 2 aliphatic rings. The number of aromatic hydroxyl groups is 1. The van der Waals surface area contributed by atoms with E-state index < -0.39 is 16.1 Å². The molecule has 1 saturated heterocycles. The number of carbonyl (C=O) groups is 1. The van der Waals surface area contributed by atoms with Gasteiger partial charge >= 0.3 is 10.2 Å². The minimum atomic E-state index is -4.01. The summed E-state index contributed by atoms with van der Waals surface area (Å²) in [5.74, 6) is -0.176. The van der Waals surface area contributed by atoms with Crippen LogP contribution in [0.3, 0.4) is 0 Å². The Hall–Kier alpha value is -3.14. The van der Waals surface area contributed by atoms with Crippen molar-refractivity contribution in [3.8, 4) is 17.0 Å². The van der Waals surface area contributed by atoms with Gasteiger partial charge in [-0.15, -0.1) is 0 Å². The van der Waals surface area contributed by atoms with Gasteiger partial charge in [0, 0.05) is 23.7 Å². The Morgan fingerprint density at radius 3 is 2.79 bits per heavy atom. The molecule has 0 unspecified atom stereocenters. The van der Waals surface area contributed by atoms with Gasteiger partial charge in [0.05, 0.1) is 23.1 Å². The van der Waals surface area contributed by atoms with E-state index in [1.165, 1.54) is 25.0 Å². The van der Waals surface area contributed by atoms with Crippen LogP contribution in [0.4, 0.5) is 5.69 Å². The normalized spacial score (nSPS) is 18.6. The van der Waals surface area contributed by atoms with E-state index >= 15 is 0 Å².